The highest BCUT2D eigenvalue weighted by Crippen LogP contribution is 2.43. The van der Waals surface area contributed by atoms with E-state index in [0.717, 1.165) is 43.0 Å². The predicted molar refractivity (Wildman–Crippen MR) is 183 cm³/mol. The maximum absolute atomic E-state index is 13.5. The summed E-state index contributed by atoms with van der Waals surface area (Å²) in [6.07, 6.45) is -0.342. The molecular weight excluding hydrogens is 610 g/mol. The molecule has 10 nitrogen and oxygen atoms in total. The zero-order chi connectivity index (χ0) is 32.9. The molecule has 2 N–H and O–H groups in total. The van der Waals surface area contributed by atoms with Gasteiger partial charge in [-0.3, -0.25) is 4.79 Å². The van der Waals surface area contributed by atoms with Crippen molar-refractivity contribution < 1.29 is 28.5 Å². The minimum absolute atomic E-state index is 0.00429. The van der Waals surface area contributed by atoms with Gasteiger partial charge in [-0.15, -0.1) is 0 Å². The molecule has 0 saturated carbocycles. The van der Waals surface area contributed by atoms with Gasteiger partial charge in [-0.25, -0.2) is 4.79 Å². The number of nitrogens with zero attached hydrogens (tertiary/aromatic N) is 2. The van der Waals surface area contributed by atoms with Crippen LogP contribution >= 0.6 is 0 Å². The summed E-state index contributed by atoms with van der Waals surface area (Å²) in [4.78, 5) is 30.3. The molecule has 0 spiro atoms. The minimum Gasteiger partial charge on any atom is -0.507 e. The van der Waals surface area contributed by atoms with Crippen LogP contribution in [-0.2, 0) is 18.0 Å². The van der Waals surface area contributed by atoms with Crippen LogP contribution in [0.4, 0.5) is 10.5 Å². The Bertz CT molecular complexity index is 1920. The molecular formula is C38H37N3O7. The summed E-state index contributed by atoms with van der Waals surface area (Å²) in [7, 11) is 0. The van der Waals surface area contributed by atoms with Crippen molar-refractivity contribution in [3.8, 4) is 28.6 Å². The van der Waals surface area contributed by atoms with Gasteiger partial charge in [0.15, 0.2) is 16.8 Å². The van der Waals surface area contributed by atoms with E-state index in [-0.39, 0.29) is 48.0 Å². The third kappa shape index (κ3) is 6.94. The average Bonchev–Trinajstić information content (AvgIpc) is 3.61. The molecule has 2 fully saturated rings. The van der Waals surface area contributed by atoms with E-state index < -0.39 is 17.6 Å². The molecule has 48 heavy (non-hydrogen) atoms. The lowest BCUT2D eigenvalue weighted by Crippen LogP contribution is -2.43. The fourth-order valence-electron chi connectivity index (χ4n) is 6.09. The number of phenols is 1. The molecule has 0 radical (unpaired) electrons. The zero-order valence-electron chi connectivity index (χ0n) is 26.5. The maximum Gasteiger partial charge on any atom is 0.410 e. The number of rotatable bonds is 9. The summed E-state index contributed by atoms with van der Waals surface area (Å²) in [6.45, 7) is 4.76. The van der Waals surface area contributed by atoms with Crippen LogP contribution in [0.5, 0.6) is 17.2 Å². The summed E-state index contributed by atoms with van der Waals surface area (Å²) < 4.78 is 24.6. The minimum atomic E-state index is -0.437. The average molecular weight is 648 g/mol. The number of aromatic hydroxyl groups is 1. The van der Waals surface area contributed by atoms with Gasteiger partial charge in [-0.1, -0.05) is 60.7 Å². The second-order valence-corrected chi connectivity index (χ2v) is 12.0. The highest BCUT2D eigenvalue weighted by molar-refractivity contribution is 5.92. The number of carbonyl (C=O) groups excluding carboxylic acids is 1. The number of benzene rings is 4. The first-order chi connectivity index (χ1) is 23.5. The molecule has 1 amide bonds. The Balaban J connectivity index is 1.18. The van der Waals surface area contributed by atoms with Crippen LogP contribution in [-0.4, -0.2) is 61.5 Å². The molecule has 7 rings (SSSR count). The number of nitrogens with one attached hydrogen (secondary N) is 1. The number of carbonyl (C=O) groups is 1. The van der Waals surface area contributed by atoms with Crippen molar-refractivity contribution in [1.82, 2.24) is 10.2 Å². The Hall–Kier alpha value is -5.48. The number of anilines is 1. The normalized spacial score (nSPS) is 16.2. The first-order valence-corrected chi connectivity index (χ1v) is 16.2. The summed E-state index contributed by atoms with van der Waals surface area (Å²) in [6, 6.07) is 29.8. The van der Waals surface area contributed by atoms with Crippen molar-refractivity contribution in [2.24, 2.45) is 0 Å². The second-order valence-electron chi connectivity index (χ2n) is 12.0. The zero-order valence-corrected chi connectivity index (χ0v) is 26.5. The number of amides is 1. The van der Waals surface area contributed by atoms with Crippen molar-refractivity contribution in [3.05, 3.63) is 118 Å². The fourth-order valence-corrected chi connectivity index (χ4v) is 6.09. The number of ether oxygens (including phenoxy) is 3. The molecule has 0 aliphatic carbocycles. The Kier molecular flexibility index (Phi) is 9.15. The molecule has 3 heterocycles. The van der Waals surface area contributed by atoms with Crippen LogP contribution in [0, 0.1) is 0 Å². The van der Waals surface area contributed by atoms with Crippen LogP contribution in [0.15, 0.2) is 106 Å². The smallest absolute Gasteiger partial charge is 0.410 e. The second kappa shape index (κ2) is 14.1. The van der Waals surface area contributed by atoms with Crippen molar-refractivity contribution in [1.29, 1.82) is 0 Å². The highest BCUT2D eigenvalue weighted by atomic mass is 16.6. The van der Waals surface area contributed by atoms with E-state index in [1.165, 1.54) is 12.1 Å². The summed E-state index contributed by atoms with van der Waals surface area (Å²) in [5, 5.41) is 14.4. The summed E-state index contributed by atoms with van der Waals surface area (Å²) in [5.74, 6) is 0.483. The van der Waals surface area contributed by atoms with Crippen LogP contribution in [0.2, 0.25) is 0 Å². The lowest BCUT2D eigenvalue weighted by molar-refractivity contribution is 0.0988. The van der Waals surface area contributed by atoms with Gasteiger partial charge in [0.2, 0.25) is 5.75 Å². The Labute approximate surface area is 278 Å². The van der Waals surface area contributed by atoms with E-state index in [1.807, 2.05) is 84.9 Å². The van der Waals surface area contributed by atoms with Gasteiger partial charge < -0.3 is 38.9 Å². The molecule has 1 aromatic heterocycles. The largest absolute Gasteiger partial charge is 0.507 e. The number of hydrogen-bond donors (Lipinski definition) is 2. The highest BCUT2D eigenvalue weighted by Gasteiger charge is 2.31. The molecule has 10 heteroatoms. The van der Waals surface area contributed by atoms with Gasteiger partial charge in [0.05, 0.1) is 6.54 Å². The molecule has 4 aromatic carbocycles. The Morgan fingerprint density at radius 1 is 0.875 bits per heavy atom. The molecule has 246 valence electrons. The molecule has 5 aromatic rings. The number of hydrogen-bond acceptors (Lipinski definition) is 9. The van der Waals surface area contributed by atoms with Crippen LogP contribution in [0.25, 0.3) is 22.3 Å². The van der Waals surface area contributed by atoms with Gasteiger partial charge in [0.25, 0.3) is 0 Å². The third-order valence-corrected chi connectivity index (χ3v) is 8.67. The van der Waals surface area contributed by atoms with Gasteiger partial charge in [0, 0.05) is 62.5 Å². The standard InChI is InChI=1S/C38H37N3O7/c42-31-21-33(28-11-13-29(14-12-28)40-19-16-39-17-20-40)48-37-35(31)32(43)22-34(45-24-26-7-3-1-4-8-26)36(37)47-30-15-18-41(23-30)38(44)46-25-27-9-5-2-6-10-27/h1-14,21-22,30,39,43H,15-20,23-25H2. The maximum atomic E-state index is 13.5. The van der Waals surface area contributed by atoms with E-state index >= 15 is 0 Å². The molecule has 2 saturated heterocycles. The van der Waals surface area contributed by atoms with Crippen molar-refractivity contribution in [3.63, 3.8) is 0 Å². The lowest BCUT2D eigenvalue weighted by atomic mass is 10.1. The first-order valence-electron chi connectivity index (χ1n) is 16.2. The number of fused-ring (bicyclic) bond motifs is 1. The van der Waals surface area contributed by atoms with Crippen LogP contribution < -0.4 is 25.1 Å². The van der Waals surface area contributed by atoms with E-state index in [0.29, 0.717) is 24.3 Å². The number of likely N-dealkylation sites (tertiary alicyclic amines) is 1. The molecule has 2 aliphatic heterocycles. The number of phenolic OH excluding ortho intramolecular Hbond substituents is 1. The monoisotopic (exact) mass is 647 g/mol. The van der Waals surface area contributed by atoms with Gasteiger partial charge in [0.1, 0.15) is 36.2 Å². The van der Waals surface area contributed by atoms with E-state index in [1.54, 1.807) is 4.90 Å². The molecule has 0 bridgehead atoms. The lowest BCUT2D eigenvalue weighted by Gasteiger charge is -2.29. The molecule has 1 unspecified atom stereocenters. The summed E-state index contributed by atoms with van der Waals surface area (Å²) in [5.41, 5.74) is 3.29. The topological polar surface area (TPSA) is 114 Å². The Morgan fingerprint density at radius 2 is 1.56 bits per heavy atom. The van der Waals surface area contributed by atoms with Crippen LogP contribution in [0.3, 0.4) is 0 Å². The molecule has 1 atom stereocenters. The Morgan fingerprint density at radius 3 is 2.27 bits per heavy atom. The molecule has 2 aliphatic rings. The van der Waals surface area contributed by atoms with Crippen molar-refractivity contribution in [2.75, 3.05) is 44.2 Å². The fraction of sp³-hybridized carbons (Fsp3) is 0.263. The van der Waals surface area contributed by atoms with Crippen molar-refractivity contribution in [2.45, 2.75) is 25.7 Å². The third-order valence-electron chi connectivity index (χ3n) is 8.67. The van der Waals surface area contributed by atoms with E-state index in [4.69, 9.17) is 18.6 Å². The first kappa shape index (κ1) is 31.1. The number of piperazine rings is 1. The SMILES string of the molecule is O=C(OCc1ccccc1)N1CCC(Oc2c(OCc3ccccc3)cc(O)c3c(=O)cc(-c4ccc(N5CCNCC5)cc4)oc23)C1. The van der Waals surface area contributed by atoms with E-state index in [2.05, 4.69) is 10.2 Å². The van der Waals surface area contributed by atoms with Crippen LogP contribution in [0.1, 0.15) is 17.5 Å². The summed E-state index contributed by atoms with van der Waals surface area (Å²) >= 11 is 0. The predicted octanol–water partition coefficient (Wildman–Crippen LogP) is 5.94. The van der Waals surface area contributed by atoms with Gasteiger partial charge in [-0.05, 0) is 35.4 Å². The van der Waals surface area contributed by atoms with Gasteiger partial charge >= 0.3 is 6.09 Å². The van der Waals surface area contributed by atoms with E-state index in [9.17, 15) is 14.7 Å². The quantitative estimate of drug-likeness (QED) is 0.201. The van der Waals surface area contributed by atoms with Crippen molar-refractivity contribution >= 4 is 22.7 Å². The van der Waals surface area contributed by atoms with Gasteiger partial charge in [-0.2, -0.15) is 0 Å².